The molecule has 102 valence electrons. The third-order valence-electron chi connectivity index (χ3n) is 4.51. The van der Waals surface area contributed by atoms with Gasteiger partial charge in [0.15, 0.2) is 0 Å². The van der Waals surface area contributed by atoms with Gasteiger partial charge < -0.3 is 9.80 Å². The molecule has 0 aliphatic carbocycles. The number of nitrogens with zero attached hydrogens (tertiary/aromatic N) is 2. The van der Waals surface area contributed by atoms with Crippen LogP contribution in [-0.2, 0) is 4.79 Å². The lowest BCUT2D eigenvalue weighted by molar-refractivity contribution is -0.119. The molecule has 0 unspecified atom stereocenters. The number of benzene rings is 1. The van der Waals surface area contributed by atoms with Gasteiger partial charge in [0.05, 0.1) is 0 Å². The minimum Gasteiger partial charge on any atom is -0.372 e. The molecule has 0 atom stereocenters. The van der Waals surface area contributed by atoms with Crippen LogP contribution in [0.5, 0.6) is 0 Å². The van der Waals surface area contributed by atoms with E-state index in [1.54, 1.807) is 0 Å². The highest BCUT2D eigenvalue weighted by Crippen LogP contribution is 2.29. The van der Waals surface area contributed by atoms with Gasteiger partial charge in [0.25, 0.3) is 0 Å². The molecular weight excluding hydrogens is 236 g/mol. The first-order valence-electron chi connectivity index (χ1n) is 7.41. The Hall–Kier alpha value is -1.51. The monoisotopic (exact) mass is 258 g/mol. The van der Waals surface area contributed by atoms with E-state index in [1.807, 2.05) is 4.90 Å². The molecule has 2 aliphatic heterocycles. The maximum Gasteiger partial charge on any atom is 0.209 e. The zero-order chi connectivity index (χ0) is 13.1. The largest absolute Gasteiger partial charge is 0.372 e. The zero-order valence-corrected chi connectivity index (χ0v) is 11.4. The molecule has 2 saturated heterocycles. The Kier molecular flexibility index (Phi) is 3.72. The van der Waals surface area contributed by atoms with Gasteiger partial charge in [0, 0.05) is 31.9 Å². The van der Waals surface area contributed by atoms with Gasteiger partial charge in [-0.15, -0.1) is 0 Å². The molecule has 2 heterocycles. The van der Waals surface area contributed by atoms with E-state index in [0.29, 0.717) is 5.92 Å². The molecule has 1 amide bonds. The molecule has 0 saturated carbocycles. The van der Waals surface area contributed by atoms with Gasteiger partial charge in [-0.25, -0.2) is 0 Å². The number of carbonyl (C=O) groups is 1. The molecule has 2 aliphatic rings. The van der Waals surface area contributed by atoms with Gasteiger partial charge in [-0.05, 0) is 49.3 Å². The summed E-state index contributed by atoms with van der Waals surface area (Å²) in [5.41, 5.74) is 2.81. The SMILES string of the molecule is O=CN1CCC(c2ccc(N3CCCC3)cc2)CC1. The molecule has 2 fully saturated rings. The smallest absolute Gasteiger partial charge is 0.209 e. The van der Waals surface area contributed by atoms with Crippen molar-refractivity contribution in [2.45, 2.75) is 31.6 Å². The van der Waals surface area contributed by atoms with E-state index in [2.05, 4.69) is 29.2 Å². The predicted octanol–water partition coefficient (Wildman–Crippen LogP) is 2.62. The molecule has 0 aromatic heterocycles. The number of carbonyl (C=O) groups excluding carboxylic acids is 1. The lowest BCUT2D eigenvalue weighted by Gasteiger charge is -2.29. The normalized spacial score (nSPS) is 20.8. The van der Waals surface area contributed by atoms with Crippen LogP contribution in [0.15, 0.2) is 24.3 Å². The van der Waals surface area contributed by atoms with Crippen molar-refractivity contribution in [1.82, 2.24) is 4.90 Å². The quantitative estimate of drug-likeness (QED) is 0.778. The van der Waals surface area contributed by atoms with Crippen molar-refractivity contribution >= 4 is 12.1 Å². The van der Waals surface area contributed by atoms with Crippen LogP contribution in [0.2, 0.25) is 0 Å². The molecule has 1 aromatic rings. The highest BCUT2D eigenvalue weighted by Gasteiger charge is 2.20. The van der Waals surface area contributed by atoms with Gasteiger partial charge in [-0.2, -0.15) is 0 Å². The first kappa shape index (κ1) is 12.5. The fourth-order valence-electron chi connectivity index (χ4n) is 3.27. The summed E-state index contributed by atoms with van der Waals surface area (Å²) >= 11 is 0. The summed E-state index contributed by atoms with van der Waals surface area (Å²) in [6, 6.07) is 9.11. The van der Waals surface area contributed by atoms with E-state index >= 15 is 0 Å². The number of amides is 1. The van der Waals surface area contributed by atoms with Gasteiger partial charge in [0.1, 0.15) is 0 Å². The standard InChI is InChI=1S/C16H22N2O/c19-13-17-11-7-15(8-12-17)14-3-5-16(6-4-14)18-9-1-2-10-18/h3-6,13,15H,1-2,7-12H2. The summed E-state index contributed by atoms with van der Waals surface area (Å²) < 4.78 is 0. The van der Waals surface area contributed by atoms with Crippen LogP contribution in [0, 0.1) is 0 Å². The third-order valence-corrected chi connectivity index (χ3v) is 4.51. The minimum absolute atomic E-state index is 0.629. The van der Waals surface area contributed by atoms with Crippen molar-refractivity contribution in [2.24, 2.45) is 0 Å². The van der Waals surface area contributed by atoms with E-state index in [9.17, 15) is 4.79 Å². The number of anilines is 1. The molecule has 0 N–H and O–H groups in total. The molecule has 0 spiro atoms. The lowest BCUT2D eigenvalue weighted by atomic mass is 9.89. The van der Waals surface area contributed by atoms with Crippen LogP contribution in [0.3, 0.4) is 0 Å². The Labute approximate surface area is 115 Å². The van der Waals surface area contributed by atoms with E-state index in [4.69, 9.17) is 0 Å². The van der Waals surface area contributed by atoms with Crippen molar-refractivity contribution in [3.05, 3.63) is 29.8 Å². The van der Waals surface area contributed by atoms with Gasteiger partial charge in [-0.1, -0.05) is 12.1 Å². The molecule has 0 bridgehead atoms. The van der Waals surface area contributed by atoms with Gasteiger partial charge in [-0.3, -0.25) is 4.79 Å². The van der Waals surface area contributed by atoms with E-state index in [0.717, 1.165) is 32.3 Å². The van der Waals surface area contributed by atoms with Crippen LogP contribution in [0.1, 0.15) is 37.2 Å². The Bertz CT molecular complexity index is 415. The van der Waals surface area contributed by atoms with Crippen LogP contribution in [-0.4, -0.2) is 37.5 Å². The summed E-state index contributed by atoms with van der Waals surface area (Å²) in [7, 11) is 0. The number of hydrogen-bond acceptors (Lipinski definition) is 2. The second-order valence-electron chi connectivity index (χ2n) is 5.70. The van der Waals surface area contributed by atoms with Crippen LogP contribution >= 0.6 is 0 Å². The number of likely N-dealkylation sites (tertiary alicyclic amines) is 1. The maximum atomic E-state index is 10.7. The first-order valence-corrected chi connectivity index (χ1v) is 7.41. The van der Waals surface area contributed by atoms with E-state index < -0.39 is 0 Å². The molecule has 3 heteroatoms. The zero-order valence-electron chi connectivity index (χ0n) is 11.4. The average molecular weight is 258 g/mol. The molecular formula is C16H22N2O. The van der Waals surface area contributed by atoms with Crippen molar-refractivity contribution in [1.29, 1.82) is 0 Å². The van der Waals surface area contributed by atoms with E-state index in [-0.39, 0.29) is 0 Å². The second kappa shape index (κ2) is 5.64. The fraction of sp³-hybridized carbons (Fsp3) is 0.562. The topological polar surface area (TPSA) is 23.6 Å². The highest BCUT2D eigenvalue weighted by atomic mass is 16.1. The Balaban J connectivity index is 1.64. The molecule has 3 rings (SSSR count). The Morgan fingerprint density at radius 2 is 1.58 bits per heavy atom. The fourth-order valence-corrected chi connectivity index (χ4v) is 3.27. The molecule has 1 aromatic carbocycles. The van der Waals surface area contributed by atoms with Crippen molar-refractivity contribution < 1.29 is 4.79 Å². The number of piperidine rings is 1. The molecule has 3 nitrogen and oxygen atoms in total. The minimum atomic E-state index is 0.629. The number of rotatable bonds is 3. The Morgan fingerprint density at radius 1 is 0.947 bits per heavy atom. The van der Waals surface area contributed by atoms with Gasteiger partial charge in [0.2, 0.25) is 6.41 Å². The van der Waals surface area contributed by atoms with Crippen LogP contribution in [0.4, 0.5) is 5.69 Å². The number of hydrogen-bond donors (Lipinski definition) is 0. The summed E-state index contributed by atoms with van der Waals surface area (Å²) in [6.45, 7) is 4.22. The van der Waals surface area contributed by atoms with Crippen molar-refractivity contribution in [3.63, 3.8) is 0 Å². The van der Waals surface area contributed by atoms with Crippen molar-refractivity contribution in [3.8, 4) is 0 Å². The average Bonchev–Trinajstić information content (AvgIpc) is 3.02. The Morgan fingerprint density at radius 3 is 2.16 bits per heavy atom. The lowest BCUT2D eigenvalue weighted by Crippen LogP contribution is -2.31. The summed E-state index contributed by atoms with van der Waals surface area (Å²) in [6.07, 6.45) is 5.83. The summed E-state index contributed by atoms with van der Waals surface area (Å²) in [5, 5.41) is 0. The maximum absolute atomic E-state index is 10.7. The third kappa shape index (κ3) is 2.75. The van der Waals surface area contributed by atoms with Crippen LogP contribution < -0.4 is 4.90 Å². The van der Waals surface area contributed by atoms with Gasteiger partial charge >= 0.3 is 0 Å². The van der Waals surface area contributed by atoms with Crippen LogP contribution in [0.25, 0.3) is 0 Å². The predicted molar refractivity (Wildman–Crippen MR) is 77.5 cm³/mol. The molecule has 0 radical (unpaired) electrons. The molecule has 19 heavy (non-hydrogen) atoms. The van der Waals surface area contributed by atoms with Crippen molar-refractivity contribution in [2.75, 3.05) is 31.1 Å². The summed E-state index contributed by atoms with van der Waals surface area (Å²) in [5.74, 6) is 0.629. The summed E-state index contributed by atoms with van der Waals surface area (Å²) in [4.78, 5) is 15.1. The highest BCUT2D eigenvalue weighted by molar-refractivity contribution is 5.49. The first-order chi connectivity index (χ1) is 9.36. The van der Waals surface area contributed by atoms with E-state index in [1.165, 1.54) is 37.2 Å². The second-order valence-corrected chi connectivity index (χ2v) is 5.70.